The molecule has 0 spiro atoms. The van der Waals surface area contributed by atoms with Crippen LogP contribution in [0.4, 0.5) is 0 Å². The van der Waals surface area contributed by atoms with Gasteiger partial charge in [-0.2, -0.15) is 0 Å². The molecule has 3 rings (SSSR count). The third kappa shape index (κ3) is 3.15. The van der Waals surface area contributed by atoms with Crippen LogP contribution in [0.3, 0.4) is 0 Å². The molecule has 0 saturated heterocycles. The number of nitrogens with zero attached hydrogens (tertiary/aromatic N) is 2. The molecule has 2 aromatic heterocycles. The van der Waals surface area contributed by atoms with Crippen LogP contribution in [0.25, 0.3) is 11.1 Å². The highest BCUT2D eigenvalue weighted by molar-refractivity contribution is 6.06. The maximum atomic E-state index is 13.0. The van der Waals surface area contributed by atoms with Gasteiger partial charge in [-0.15, -0.1) is 0 Å². The monoisotopic (exact) mass is 330 g/mol. The lowest BCUT2D eigenvalue weighted by molar-refractivity contribution is 0.0909. The lowest BCUT2D eigenvalue weighted by atomic mass is 9.84. The predicted octanol–water partition coefficient (Wildman–Crippen LogP) is 2.90. The van der Waals surface area contributed by atoms with E-state index in [4.69, 9.17) is 10.3 Å². The van der Waals surface area contributed by atoms with Gasteiger partial charge in [-0.05, 0) is 44.2 Å². The summed E-state index contributed by atoms with van der Waals surface area (Å²) in [6, 6.07) is 2.01. The Bertz CT molecular complexity index is 738. The van der Waals surface area contributed by atoms with Gasteiger partial charge in [0.15, 0.2) is 0 Å². The van der Waals surface area contributed by atoms with Gasteiger partial charge in [0, 0.05) is 11.7 Å². The molecule has 1 fully saturated rings. The molecule has 6 heteroatoms. The van der Waals surface area contributed by atoms with Crippen LogP contribution in [0, 0.1) is 12.8 Å². The van der Waals surface area contributed by atoms with E-state index in [-0.39, 0.29) is 17.9 Å². The minimum absolute atomic E-state index is 0.0825. The zero-order valence-corrected chi connectivity index (χ0v) is 14.6. The first-order valence-electron chi connectivity index (χ1n) is 8.79. The highest BCUT2D eigenvalue weighted by Gasteiger charge is 2.27. The van der Waals surface area contributed by atoms with Crippen molar-refractivity contribution in [3.8, 4) is 0 Å². The van der Waals surface area contributed by atoms with Crippen LogP contribution >= 0.6 is 0 Å². The molecule has 2 atom stereocenters. The molecule has 1 amide bonds. The van der Waals surface area contributed by atoms with Crippen LogP contribution in [0.15, 0.2) is 10.6 Å². The molecule has 1 aliphatic carbocycles. The van der Waals surface area contributed by atoms with Gasteiger partial charge in [0.1, 0.15) is 0 Å². The molecule has 0 aromatic carbocycles. The van der Waals surface area contributed by atoms with Gasteiger partial charge in [-0.25, -0.2) is 4.98 Å². The van der Waals surface area contributed by atoms with Crippen LogP contribution in [0.5, 0.6) is 0 Å². The number of carbonyl (C=O) groups is 1. The van der Waals surface area contributed by atoms with E-state index < -0.39 is 0 Å². The Morgan fingerprint density at radius 3 is 2.88 bits per heavy atom. The molecule has 6 nitrogen and oxygen atoms in total. The Balaban J connectivity index is 1.95. The number of pyridine rings is 1. The summed E-state index contributed by atoms with van der Waals surface area (Å²) in [5.41, 5.74) is 8.45. The minimum Gasteiger partial charge on any atom is -0.349 e. The third-order valence-electron chi connectivity index (χ3n) is 5.00. The Morgan fingerprint density at radius 2 is 2.17 bits per heavy atom. The molecular weight excluding hydrogens is 304 g/mol. The Hall–Kier alpha value is -1.95. The summed E-state index contributed by atoms with van der Waals surface area (Å²) in [6.45, 7) is 6.54. The smallest absolute Gasteiger partial charge is 0.259 e. The van der Waals surface area contributed by atoms with Crippen molar-refractivity contribution < 1.29 is 9.32 Å². The van der Waals surface area contributed by atoms with E-state index in [1.54, 1.807) is 0 Å². The van der Waals surface area contributed by atoms with Crippen molar-refractivity contribution in [3.05, 3.63) is 23.0 Å². The number of hydrogen-bond donors (Lipinski definition) is 2. The van der Waals surface area contributed by atoms with Crippen LogP contribution in [0.1, 0.15) is 67.2 Å². The molecule has 2 aromatic rings. The lowest BCUT2D eigenvalue weighted by Crippen LogP contribution is -2.44. The van der Waals surface area contributed by atoms with E-state index in [1.165, 1.54) is 6.42 Å². The molecule has 3 N–H and O–H groups in total. The van der Waals surface area contributed by atoms with E-state index in [1.807, 2.05) is 26.8 Å². The zero-order chi connectivity index (χ0) is 17.3. The van der Waals surface area contributed by atoms with Gasteiger partial charge in [0.25, 0.3) is 11.6 Å². The Morgan fingerprint density at radius 1 is 1.42 bits per heavy atom. The van der Waals surface area contributed by atoms with Crippen molar-refractivity contribution in [3.63, 3.8) is 0 Å². The minimum atomic E-state index is -0.0825. The topological polar surface area (TPSA) is 94.0 Å². The van der Waals surface area contributed by atoms with E-state index in [2.05, 4.69) is 15.5 Å². The van der Waals surface area contributed by atoms with Crippen LogP contribution in [-0.4, -0.2) is 28.6 Å². The third-order valence-corrected chi connectivity index (χ3v) is 5.00. The number of carbonyl (C=O) groups excluding carboxylic acids is 1. The average Bonchev–Trinajstić information content (AvgIpc) is 2.95. The summed E-state index contributed by atoms with van der Waals surface area (Å²) >= 11 is 0. The Kier molecular flexibility index (Phi) is 4.85. The SMILES string of the molecule is Cc1noc2nc(C(C)C)cc(C(=O)NC3CCCCC3CN)c12. The summed E-state index contributed by atoms with van der Waals surface area (Å²) in [5, 5.41) is 7.88. The van der Waals surface area contributed by atoms with E-state index in [9.17, 15) is 4.79 Å². The number of rotatable bonds is 4. The molecule has 0 aliphatic heterocycles. The molecule has 1 saturated carbocycles. The first-order chi connectivity index (χ1) is 11.5. The average molecular weight is 330 g/mol. The van der Waals surface area contributed by atoms with Gasteiger partial charge in [-0.1, -0.05) is 31.8 Å². The van der Waals surface area contributed by atoms with Crippen molar-refractivity contribution in [1.82, 2.24) is 15.5 Å². The van der Waals surface area contributed by atoms with Crippen molar-refractivity contribution >= 4 is 17.0 Å². The number of aryl methyl sites for hydroxylation is 1. The van der Waals surface area contributed by atoms with Crippen LogP contribution in [-0.2, 0) is 0 Å². The standard InChI is InChI=1S/C18H26N4O2/c1-10(2)15-8-13(16-11(3)22-24-18(16)21-15)17(23)20-14-7-5-4-6-12(14)9-19/h8,10,12,14H,4-7,9,19H2,1-3H3,(H,20,23). The highest BCUT2D eigenvalue weighted by Crippen LogP contribution is 2.27. The molecule has 2 heterocycles. The first kappa shape index (κ1) is 16.9. The largest absolute Gasteiger partial charge is 0.349 e. The highest BCUT2D eigenvalue weighted by atomic mass is 16.5. The van der Waals surface area contributed by atoms with Crippen molar-refractivity contribution in [2.45, 2.75) is 58.4 Å². The van der Waals surface area contributed by atoms with Crippen molar-refractivity contribution in [1.29, 1.82) is 0 Å². The molecule has 0 radical (unpaired) electrons. The number of nitrogens with two attached hydrogens (primary N) is 1. The summed E-state index contributed by atoms with van der Waals surface area (Å²) in [5.74, 6) is 0.479. The number of fused-ring (bicyclic) bond motifs is 1. The summed E-state index contributed by atoms with van der Waals surface area (Å²) in [6.07, 6.45) is 4.39. The number of amides is 1. The fraction of sp³-hybridized carbons (Fsp3) is 0.611. The molecular formula is C18H26N4O2. The summed E-state index contributed by atoms with van der Waals surface area (Å²) < 4.78 is 5.30. The maximum absolute atomic E-state index is 13.0. The van der Waals surface area contributed by atoms with Crippen LogP contribution < -0.4 is 11.1 Å². The van der Waals surface area contributed by atoms with Crippen LogP contribution in [0.2, 0.25) is 0 Å². The maximum Gasteiger partial charge on any atom is 0.259 e. The van der Waals surface area contributed by atoms with Gasteiger partial charge >= 0.3 is 0 Å². The fourth-order valence-electron chi connectivity index (χ4n) is 3.51. The number of hydrogen-bond acceptors (Lipinski definition) is 5. The lowest BCUT2D eigenvalue weighted by Gasteiger charge is -2.31. The normalized spacial score (nSPS) is 21.4. The van der Waals surface area contributed by atoms with Gasteiger partial charge < -0.3 is 15.6 Å². The summed E-state index contributed by atoms with van der Waals surface area (Å²) in [4.78, 5) is 17.5. The van der Waals surface area contributed by atoms with Gasteiger partial charge in [0.05, 0.1) is 16.6 Å². The quantitative estimate of drug-likeness (QED) is 0.899. The second-order valence-corrected chi connectivity index (χ2v) is 7.06. The van der Waals surface area contributed by atoms with E-state index >= 15 is 0 Å². The van der Waals surface area contributed by atoms with Crippen molar-refractivity contribution in [2.24, 2.45) is 11.7 Å². The molecule has 1 aliphatic rings. The zero-order valence-electron chi connectivity index (χ0n) is 14.6. The number of nitrogens with one attached hydrogen (secondary N) is 1. The molecule has 2 unspecified atom stereocenters. The predicted molar refractivity (Wildman–Crippen MR) is 92.9 cm³/mol. The molecule has 24 heavy (non-hydrogen) atoms. The molecule has 130 valence electrons. The first-order valence-corrected chi connectivity index (χ1v) is 8.79. The second kappa shape index (κ2) is 6.89. The van der Waals surface area contributed by atoms with Gasteiger partial charge in [0.2, 0.25) is 0 Å². The second-order valence-electron chi connectivity index (χ2n) is 7.06. The van der Waals surface area contributed by atoms with E-state index in [0.29, 0.717) is 34.8 Å². The van der Waals surface area contributed by atoms with Crippen molar-refractivity contribution in [2.75, 3.05) is 6.54 Å². The Labute approximate surface area is 142 Å². The van der Waals surface area contributed by atoms with Gasteiger partial charge in [-0.3, -0.25) is 4.79 Å². The fourth-order valence-corrected chi connectivity index (χ4v) is 3.51. The number of aromatic nitrogens is 2. The summed E-state index contributed by atoms with van der Waals surface area (Å²) in [7, 11) is 0. The molecule has 0 bridgehead atoms. The van der Waals surface area contributed by atoms with E-state index in [0.717, 1.165) is 25.0 Å².